The molecule has 1 rings (SSSR count). The maximum atomic E-state index is 10.9. The minimum absolute atomic E-state index is 0.0330. The van der Waals surface area contributed by atoms with Gasteiger partial charge in [0.25, 0.3) is 0 Å². The van der Waals surface area contributed by atoms with Gasteiger partial charge in [0.1, 0.15) is 5.75 Å². The second kappa shape index (κ2) is 20.4. The van der Waals surface area contributed by atoms with E-state index in [1.54, 1.807) is 6.92 Å². The third-order valence-corrected chi connectivity index (χ3v) is 7.41. The van der Waals surface area contributed by atoms with Crippen LogP contribution in [0.2, 0.25) is 0 Å². The van der Waals surface area contributed by atoms with Crippen molar-refractivity contribution in [1.82, 2.24) is 0 Å². The van der Waals surface area contributed by atoms with Gasteiger partial charge in [0.2, 0.25) is 0 Å². The van der Waals surface area contributed by atoms with E-state index < -0.39 is 5.97 Å². The number of phenols is 1. The van der Waals surface area contributed by atoms with Gasteiger partial charge in [-0.15, -0.1) is 0 Å². The van der Waals surface area contributed by atoms with Crippen LogP contribution in [0.5, 0.6) is 5.75 Å². The lowest BCUT2D eigenvalue weighted by atomic mass is 9.78. The molecular formula is C35H64O3. The van der Waals surface area contributed by atoms with Gasteiger partial charge in [0, 0.05) is 6.42 Å². The van der Waals surface area contributed by atoms with E-state index in [-0.39, 0.29) is 17.3 Å². The fourth-order valence-corrected chi connectivity index (χ4v) is 4.86. The van der Waals surface area contributed by atoms with Crippen LogP contribution in [0.3, 0.4) is 0 Å². The van der Waals surface area contributed by atoms with Crippen molar-refractivity contribution in [1.29, 1.82) is 0 Å². The Labute approximate surface area is 237 Å². The minimum atomic E-state index is -0.745. The average Bonchev–Trinajstić information content (AvgIpc) is 2.83. The lowest BCUT2D eigenvalue weighted by molar-refractivity contribution is -0.136. The number of benzene rings is 1. The first-order valence-corrected chi connectivity index (χ1v) is 15.9. The van der Waals surface area contributed by atoms with Crippen molar-refractivity contribution >= 4 is 5.97 Å². The maximum Gasteiger partial charge on any atom is 0.303 e. The predicted molar refractivity (Wildman–Crippen MR) is 167 cm³/mol. The molecule has 0 fully saturated rings. The molecule has 0 saturated carbocycles. The maximum absolute atomic E-state index is 10.9. The summed E-state index contributed by atoms with van der Waals surface area (Å²) in [5, 5.41) is 18.6. The quantitative estimate of drug-likeness (QED) is 0.185. The first-order valence-electron chi connectivity index (χ1n) is 15.9. The molecule has 0 aromatic heterocycles. The van der Waals surface area contributed by atoms with Gasteiger partial charge in [0.15, 0.2) is 0 Å². The Kier molecular flexibility index (Phi) is 19.6. The zero-order valence-electron chi connectivity index (χ0n) is 26.7. The summed E-state index contributed by atoms with van der Waals surface area (Å²) >= 11 is 0. The molecule has 0 radical (unpaired) electrons. The normalized spacial score (nSPS) is 11.8. The molecule has 0 spiro atoms. The van der Waals surface area contributed by atoms with Crippen molar-refractivity contribution in [3.05, 3.63) is 28.8 Å². The van der Waals surface area contributed by atoms with Gasteiger partial charge >= 0.3 is 5.97 Å². The van der Waals surface area contributed by atoms with Crippen LogP contribution in [0.25, 0.3) is 0 Å². The van der Waals surface area contributed by atoms with Gasteiger partial charge in [-0.05, 0) is 40.4 Å². The summed E-state index contributed by atoms with van der Waals surface area (Å²) in [5.74, 6) is -0.240. The summed E-state index contributed by atoms with van der Waals surface area (Å²) in [7, 11) is 0. The third-order valence-electron chi connectivity index (χ3n) is 7.41. The van der Waals surface area contributed by atoms with Crippen molar-refractivity contribution < 1.29 is 15.0 Å². The van der Waals surface area contributed by atoms with Crippen molar-refractivity contribution in [2.75, 3.05) is 0 Å². The van der Waals surface area contributed by atoms with Crippen LogP contribution in [0.15, 0.2) is 12.1 Å². The van der Waals surface area contributed by atoms with Crippen LogP contribution in [0.4, 0.5) is 0 Å². The summed E-state index contributed by atoms with van der Waals surface area (Å²) in [5.41, 5.74) is 3.53. The number of aryl methyl sites for hydroxylation is 1. The minimum Gasteiger partial charge on any atom is -0.507 e. The first kappa shape index (κ1) is 36.5. The lowest BCUT2D eigenvalue weighted by Gasteiger charge is -2.28. The summed E-state index contributed by atoms with van der Waals surface area (Å²) in [6.45, 7) is 17.1. The topological polar surface area (TPSA) is 57.5 Å². The highest BCUT2D eigenvalue weighted by Crippen LogP contribution is 2.40. The molecule has 3 heteroatoms. The number of hydrogen-bond donors (Lipinski definition) is 2. The van der Waals surface area contributed by atoms with Crippen molar-refractivity contribution in [2.45, 2.75) is 182 Å². The van der Waals surface area contributed by atoms with Crippen LogP contribution >= 0.6 is 0 Å². The molecule has 0 aliphatic heterocycles. The number of rotatable bonds is 18. The second-order valence-electron chi connectivity index (χ2n) is 13.3. The zero-order valence-corrected chi connectivity index (χ0v) is 26.7. The number of aromatic hydroxyl groups is 1. The van der Waals surface area contributed by atoms with E-state index >= 15 is 0 Å². The van der Waals surface area contributed by atoms with Gasteiger partial charge in [-0.3, -0.25) is 4.79 Å². The summed E-state index contributed by atoms with van der Waals surface area (Å²) in [4.78, 5) is 9.37. The fourth-order valence-electron chi connectivity index (χ4n) is 4.86. The van der Waals surface area contributed by atoms with E-state index in [1.807, 2.05) is 0 Å². The van der Waals surface area contributed by atoms with E-state index in [0.717, 1.165) is 17.5 Å². The molecule has 0 aliphatic rings. The predicted octanol–water partition coefficient (Wildman–Crippen LogP) is 11.3. The molecule has 0 bridgehead atoms. The third kappa shape index (κ3) is 17.9. The van der Waals surface area contributed by atoms with Gasteiger partial charge in [-0.2, -0.15) is 0 Å². The first-order chi connectivity index (χ1) is 17.8. The van der Waals surface area contributed by atoms with E-state index in [1.165, 1.54) is 108 Å². The molecule has 2 N–H and O–H groups in total. The molecule has 0 aliphatic carbocycles. The number of aliphatic carboxylic acids is 1. The summed E-state index contributed by atoms with van der Waals surface area (Å²) in [6, 6.07) is 4.52. The number of phenolic OH excluding ortho intramolecular Hbond substituents is 1. The van der Waals surface area contributed by atoms with Crippen molar-refractivity contribution in [2.24, 2.45) is 0 Å². The summed E-state index contributed by atoms with van der Waals surface area (Å²) < 4.78 is 0. The van der Waals surface area contributed by atoms with Crippen molar-refractivity contribution in [3.63, 3.8) is 0 Å². The number of carbonyl (C=O) groups is 1. The Morgan fingerprint density at radius 1 is 0.605 bits per heavy atom. The molecule has 0 amide bonds. The number of unbranched alkanes of at least 4 members (excludes halogenated alkanes) is 15. The fraction of sp³-hybridized carbons (Fsp3) is 0.800. The van der Waals surface area contributed by atoms with Crippen LogP contribution in [-0.4, -0.2) is 16.2 Å². The van der Waals surface area contributed by atoms with Gasteiger partial charge < -0.3 is 10.2 Å². The molecule has 0 saturated heterocycles. The molecule has 1 aromatic rings. The van der Waals surface area contributed by atoms with Gasteiger partial charge in [-0.1, -0.05) is 164 Å². The monoisotopic (exact) mass is 532 g/mol. The Morgan fingerprint density at radius 3 is 1.16 bits per heavy atom. The molecule has 38 heavy (non-hydrogen) atoms. The molecule has 222 valence electrons. The van der Waals surface area contributed by atoms with Crippen LogP contribution in [-0.2, 0) is 22.0 Å². The van der Waals surface area contributed by atoms with Crippen LogP contribution in [0, 0.1) is 0 Å². The molecule has 0 atom stereocenters. The Hall–Kier alpha value is -1.51. The highest BCUT2D eigenvalue weighted by molar-refractivity contribution is 5.66. The van der Waals surface area contributed by atoms with Crippen molar-refractivity contribution in [3.8, 4) is 5.75 Å². The summed E-state index contributed by atoms with van der Waals surface area (Å²) in [6.07, 6.45) is 23.9. The van der Waals surface area contributed by atoms with E-state index in [4.69, 9.17) is 5.11 Å². The van der Waals surface area contributed by atoms with Crippen LogP contribution in [0.1, 0.15) is 181 Å². The van der Waals surface area contributed by atoms with E-state index in [0.29, 0.717) is 5.75 Å². The molecule has 3 nitrogen and oxygen atoms in total. The Bertz CT molecular complexity index is 702. The average molecular weight is 533 g/mol. The largest absolute Gasteiger partial charge is 0.507 e. The Morgan fingerprint density at radius 2 is 0.895 bits per heavy atom. The SMILES string of the molecule is CCC(=O)O.CCCCCCCCCCCCCCCCCCc1cc(C(C)(C)C)c(O)c(C(C)(C)C)c1. The molecular weight excluding hydrogens is 468 g/mol. The van der Waals surface area contributed by atoms with Gasteiger partial charge in [-0.25, -0.2) is 0 Å². The van der Waals surface area contributed by atoms with E-state index in [2.05, 4.69) is 60.6 Å². The van der Waals surface area contributed by atoms with E-state index in [9.17, 15) is 9.90 Å². The molecule has 1 aromatic carbocycles. The van der Waals surface area contributed by atoms with Gasteiger partial charge in [0.05, 0.1) is 0 Å². The smallest absolute Gasteiger partial charge is 0.303 e. The zero-order chi connectivity index (χ0) is 29.0. The standard InChI is InChI=1S/C32H58O.C3H6O2/c1-8-9-10-11-12-13-14-15-16-17-18-19-20-21-22-23-24-27-25-28(31(2,3)4)30(33)29(26-27)32(5,6)7;1-2-3(4)5/h25-26,33H,8-24H2,1-7H3;2H2,1H3,(H,4,5). The molecule has 0 unspecified atom stereocenters. The van der Waals surface area contributed by atoms with Crippen LogP contribution < -0.4 is 0 Å². The Balaban J connectivity index is 0.00000249. The lowest BCUT2D eigenvalue weighted by Crippen LogP contribution is -2.18. The highest BCUT2D eigenvalue weighted by Gasteiger charge is 2.26. The number of hydrogen-bond acceptors (Lipinski definition) is 2. The highest BCUT2D eigenvalue weighted by atomic mass is 16.4. The number of carboxylic acid groups (broad SMARTS) is 1. The number of carboxylic acids is 1. The second-order valence-corrected chi connectivity index (χ2v) is 13.3. The molecule has 0 heterocycles.